The summed E-state index contributed by atoms with van der Waals surface area (Å²) in [4.78, 5) is 10.4. The van der Waals surface area contributed by atoms with E-state index in [0.29, 0.717) is 0 Å². The summed E-state index contributed by atoms with van der Waals surface area (Å²) in [6.07, 6.45) is 1.09. The molecule has 0 heterocycles. The zero-order valence-corrected chi connectivity index (χ0v) is 7.73. The number of carboxylic acids is 1. The molecule has 13 heavy (non-hydrogen) atoms. The summed E-state index contributed by atoms with van der Waals surface area (Å²) in [5, 5.41) is 8.56. The molecule has 2 nitrogen and oxygen atoms in total. The van der Waals surface area contributed by atoms with Gasteiger partial charge >= 0.3 is 5.97 Å². The second-order valence-electron chi connectivity index (χ2n) is 3.39. The summed E-state index contributed by atoms with van der Waals surface area (Å²) in [6.45, 7) is 1.96. The second-order valence-corrected chi connectivity index (χ2v) is 3.39. The van der Waals surface area contributed by atoms with Crippen LogP contribution < -0.4 is 0 Å². The number of carboxylic acid groups (broad SMARTS) is 1. The monoisotopic (exact) mass is 178 g/mol. The van der Waals surface area contributed by atoms with Crippen molar-refractivity contribution < 1.29 is 9.90 Å². The predicted molar refractivity (Wildman–Crippen MR) is 51.6 cm³/mol. The van der Waals surface area contributed by atoms with Crippen molar-refractivity contribution in [2.45, 2.75) is 19.8 Å². The normalized spacial score (nSPS) is 12.4. The highest BCUT2D eigenvalue weighted by Crippen LogP contribution is 2.10. The Bertz CT molecular complexity index is 267. The molecule has 0 aliphatic rings. The van der Waals surface area contributed by atoms with Gasteiger partial charge in [-0.1, -0.05) is 37.3 Å². The number of benzene rings is 1. The minimum Gasteiger partial charge on any atom is -0.481 e. The van der Waals surface area contributed by atoms with E-state index >= 15 is 0 Å². The molecular formula is C11H14O2. The molecule has 0 aliphatic heterocycles. The number of carbonyl (C=O) groups is 1. The number of aliphatic carboxylic acids is 1. The van der Waals surface area contributed by atoms with Gasteiger partial charge in [-0.15, -0.1) is 0 Å². The van der Waals surface area contributed by atoms with Crippen molar-refractivity contribution in [3.05, 3.63) is 35.9 Å². The van der Waals surface area contributed by atoms with Crippen molar-refractivity contribution in [2.75, 3.05) is 0 Å². The molecule has 1 N–H and O–H groups in total. The van der Waals surface area contributed by atoms with Gasteiger partial charge in [0.2, 0.25) is 0 Å². The molecular weight excluding hydrogens is 164 g/mol. The minimum atomic E-state index is -0.719. The fraction of sp³-hybridized carbons (Fsp3) is 0.364. The van der Waals surface area contributed by atoms with Crippen LogP contribution in [0, 0.1) is 5.92 Å². The maximum absolute atomic E-state index is 10.4. The van der Waals surface area contributed by atoms with Gasteiger partial charge in [0.1, 0.15) is 0 Å². The maximum Gasteiger partial charge on any atom is 0.303 e. The van der Waals surface area contributed by atoms with Crippen LogP contribution in [-0.2, 0) is 11.2 Å². The summed E-state index contributed by atoms with van der Waals surface area (Å²) in [7, 11) is 0. The number of hydrogen-bond acceptors (Lipinski definition) is 1. The van der Waals surface area contributed by atoms with Crippen LogP contribution in [0.3, 0.4) is 0 Å². The van der Waals surface area contributed by atoms with Crippen LogP contribution in [0.15, 0.2) is 30.3 Å². The van der Waals surface area contributed by atoms with Gasteiger partial charge in [-0.2, -0.15) is 0 Å². The molecule has 0 saturated heterocycles. The molecule has 0 fully saturated rings. The summed E-state index contributed by atoms with van der Waals surface area (Å²) < 4.78 is 0. The molecule has 1 unspecified atom stereocenters. The van der Waals surface area contributed by atoms with E-state index in [0.717, 1.165) is 6.42 Å². The fourth-order valence-corrected chi connectivity index (χ4v) is 1.39. The molecule has 1 rings (SSSR count). The van der Waals surface area contributed by atoms with E-state index in [2.05, 4.69) is 0 Å². The van der Waals surface area contributed by atoms with E-state index < -0.39 is 5.97 Å². The zero-order valence-electron chi connectivity index (χ0n) is 7.73. The van der Waals surface area contributed by atoms with Crippen molar-refractivity contribution in [3.63, 3.8) is 0 Å². The Morgan fingerprint density at radius 1 is 1.38 bits per heavy atom. The molecule has 0 radical (unpaired) electrons. The van der Waals surface area contributed by atoms with Crippen molar-refractivity contribution >= 4 is 5.97 Å². The van der Waals surface area contributed by atoms with Crippen LogP contribution in [0.4, 0.5) is 0 Å². The molecule has 1 atom stereocenters. The molecule has 0 spiro atoms. The SMILES string of the molecule is CC(CC(=O)O)Cc1ccccc1. The number of hydrogen-bond donors (Lipinski definition) is 1. The van der Waals surface area contributed by atoms with Gasteiger partial charge in [-0.05, 0) is 17.9 Å². The Balaban J connectivity index is 2.45. The molecule has 1 aromatic carbocycles. The fourth-order valence-electron chi connectivity index (χ4n) is 1.39. The lowest BCUT2D eigenvalue weighted by atomic mass is 9.98. The molecule has 2 heteroatoms. The lowest BCUT2D eigenvalue weighted by Crippen LogP contribution is -2.06. The summed E-state index contributed by atoms with van der Waals surface area (Å²) >= 11 is 0. The van der Waals surface area contributed by atoms with Crippen LogP contribution in [0.5, 0.6) is 0 Å². The van der Waals surface area contributed by atoms with Gasteiger partial charge in [0.05, 0.1) is 0 Å². The van der Waals surface area contributed by atoms with Crippen LogP contribution in [0.25, 0.3) is 0 Å². The second kappa shape index (κ2) is 4.65. The standard InChI is InChI=1S/C11H14O2/c1-9(8-11(12)13)7-10-5-3-2-4-6-10/h2-6,9H,7-8H2,1H3,(H,12,13). The number of rotatable bonds is 4. The first-order chi connectivity index (χ1) is 6.18. The third-order valence-corrected chi connectivity index (χ3v) is 1.95. The molecule has 0 saturated carbocycles. The average Bonchev–Trinajstić information content (AvgIpc) is 2.04. The first-order valence-corrected chi connectivity index (χ1v) is 4.44. The van der Waals surface area contributed by atoms with Crippen molar-refractivity contribution in [3.8, 4) is 0 Å². The molecule has 0 bridgehead atoms. The third kappa shape index (κ3) is 3.74. The van der Waals surface area contributed by atoms with Gasteiger partial charge < -0.3 is 5.11 Å². The minimum absolute atomic E-state index is 0.208. The Kier molecular flexibility index (Phi) is 3.50. The van der Waals surface area contributed by atoms with Crippen LogP contribution in [-0.4, -0.2) is 11.1 Å². The van der Waals surface area contributed by atoms with Crippen LogP contribution in [0.1, 0.15) is 18.9 Å². The highest BCUT2D eigenvalue weighted by Gasteiger charge is 2.07. The van der Waals surface area contributed by atoms with Crippen molar-refractivity contribution in [1.82, 2.24) is 0 Å². The zero-order chi connectivity index (χ0) is 9.68. The first-order valence-electron chi connectivity index (χ1n) is 4.44. The van der Waals surface area contributed by atoms with Crippen LogP contribution in [0.2, 0.25) is 0 Å². The topological polar surface area (TPSA) is 37.3 Å². The van der Waals surface area contributed by atoms with Gasteiger partial charge in [-0.3, -0.25) is 4.79 Å². The molecule has 70 valence electrons. The Morgan fingerprint density at radius 2 is 2.00 bits per heavy atom. The molecule has 0 aliphatic carbocycles. The van der Waals surface area contributed by atoms with Gasteiger partial charge in [0, 0.05) is 6.42 Å². The van der Waals surface area contributed by atoms with Crippen LogP contribution >= 0.6 is 0 Å². The molecule has 0 aromatic heterocycles. The Morgan fingerprint density at radius 3 is 2.54 bits per heavy atom. The predicted octanol–water partition coefficient (Wildman–Crippen LogP) is 2.34. The van der Waals surface area contributed by atoms with E-state index in [1.54, 1.807) is 0 Å². The lowest BCUT2D eigenvalue weighted by molar-refractivity contribution is -0.137. The first kappa shape index (κ1) is 9.78. The van der Waals surface area contributed by atoms with Crippen molar-refractivity contribution in [1.29, 1.82) is 0 Å². The van der Waals surface area contributed by atoms with E-state index in [-0.39, 0.29) is 12.3 Å². The van der Waals surface area contributed by atoms with E-state index in [4.69, 9.17) is 5.11 Å². The maximum atomic E-state index is 10.4. The average molecular weight is 178 g/mol. The Hall–Kier alpha value is -1.31. The Labute approximate surface area is 78.2 Å². The molecule has 0 amide bonds. The summed E-state index contributed by atoms with van der Waals surface area (Å²) in [5.41, 5.74) is 1.20. The van der Waals surface area contributed by atoms with E-state index in [1.165, 1.54) is 5.56 Å². The summed E-state index contributed by atoms with van der Waals surface area (Å²) in [5.74, 6) is -0.511. The molecule has 1 aromatic rings. The van der Waals surface area contributed by atoms with E-state index in [9.17, 15) is 4.79 Å². The van der Waals surface area contributed by atoms with Gasteiger partial charge in [0.25, 0.3) is 0 Å². The lowest BCUT2D eigenvalue weighted by Gasteiger charge is -2.07. The van der Waals surface area contributed by atoms with Gasteiger partial charge in [-0.25, -0.2) is 0 Å². The van der Waals surface area contributed by atoms with Crippen molar-refractivity contribution in [2.24, 2.45) is 5.92 Å². The largest absolute Gasteiger partial charge is 0.481 e. The third-order valence-electron chi connectivity index (χ3n) is 1.95. The highest BCUT2D eigenvalue weighted by atomic mass is 16.4. The summed E-state index contributed by atoms with van der Waals surface area (Å²) in [6, 6.07) is 9.97. The highest BCUT2D eigenvalue weighted by molar-refractivity contribution is 5.67. The van der Waals surface area contributed by atoms with E-state index in [1.807, 2.05) is 37.3 Å². The smallest absolute Gasteiger partial charge is 0.303 e. The van der Waals surface area contributed by atoms with Gasteiger partial charge in [0.15, 0.2) is 0 Å². The quantitative estimate of drug-likeness (QED) is 0.768.